The van der Waals surface area contributed by atoms with Gasteiger partial charge in [-0.05, 0) is 6.42 Å². The van der Waals surface area contributed by atoms with Crippen LogP contribution in [0.1, 0.15) is 19.8 Å². The first-order chi connectivity index (χ1) is 8.98. The topological polar surface area (TPSA) is 100 Å². The number of carbonyl (C=O) groups is 2. The summed E-state index contributed by atoms with van der Waals surface area (Å²) in [5.41, 5.74) is 6.61. The Hall–Kier alpha value is -1.73. The van der Waals surface area contributed by atoms with E-state index in [-0.39, 0.29) is 11.1 Å². The van der Waals surface area contributed by atoms with Gasteiger partial charge < -0.3 is 14.2 Å². The van der Waals surface area contributed by atoms with Crippen molar-refractivity contribution >= 4 is 17.7 Å². The fourth-order valence-electron chi connectivity index (χ4n) is 2.33. The minimum atomic E-state index is -1.63. The molecule has 0 aromatic heterocycles. The van der Waals surface area contributed by atoms with E-state index in [0.717, 1.165) is 6.42 Å². The molecule has 2 heterocycles. The van der Waals surface area contributed by atoms with Gasteiger partial charge in [0.1, 0.15) is 11.7 Å². The smallest absolute Gasteiger partial charge is 0.340 e. The van der Waals surface area contributed by atoms with Gasteiger partial charge in [-0.25, -0.2) is 14.6 Å². The van der Waals surface area contributed by atoms with Crippen LogP contribution in [0.4, 0.5) is 0 Å². The summed E-state index contributed by atoms with van der Waals surface area (Å²) in [6.07, 6.45) is 0.751. The number of carbonyl (C=O) groups excluding carboxylic acids is 2. The van der Waals surface area contributed by atoms with Gasteiger partial charge in [-0.2, -0.15) is 0 Å². The van der Waals surface area contributed by atoms with Crippen LogP contribution in [0.5, 0.6) is 0 Å². The van der Waals surface area contributed by atoms with Crippen molar-refractivity contribution in [2.24, 2.45) is 10.7 Å². The van der Waals surface area contributed by atoms with E-state index < -0.39 is 23.9 Å². The van der Waals surface area contributed by atoms with Gasteiger partial charge >= 0.3 is 11.9 Å². The molecule has 19 heavy (non-hydrogen) atoms. The molecule has 2 bridgehead atoms. The second kappa shape index (κ2) is 4.75. The molecule has 7 heteroatoms. The van der Waals surface area contributed by atoms with Crippen LogP contribution in [0.3, 0.4) is 0 Å². The van der Waals surface area contributed by atoms with Gasteiger partial charge in [0.25, 0.3) is 0 Å². The number of dihydropyridines is 1. The first-order valence-electron chi connectivity index (χ1n) is 5.95. The number of hydrogen-bond donors (Lipinski definition) is 1. The molecule has 0 radical (unpaired) electrons. The molecule has 2 atom stereocenters. The summed E-state index contributed by atoms with van der Waals surface area (Å²) in [6, 6.07) is 0. The molecule has 2 aliphatic heterocycles. The molecule has 104 valence electrons. The average Bonchev–Trinajstić information content (AvgIpc) is 2.87. The van der Waals surface area contributed by atoms with Crippen molar-refractivity contribution in [2.45, 2.75) is 31.7 Å². The van der Waals surface area contributed by atoms with Crippen LogP contribution in [0.15, 0.2) is 16.1 Å². The molecule has 0 saturated carbocycles. The van der Waals surface area contributed by atoms with Gasteiger partial charge in [0, 0.05) is 0 Å². The number of ether oxygens (including phenoxy) is 3. The van der Waals surface area contributed by atoms with Crippen LogP contribution < -0.4 is 5.73 Å². The van der Waals surface area contributed by atoms with Crippen LogP contribution in [-0.4, -0.2) is 43.8 Å². The molecule has 2 aliphatic rings. The van der Waals surface area contributed by atoms with E-state index in [2.05, 4.69) is 14.5 Å². The van der Waals surface area contributed by atoms with Crippen molar-refractivity contribution < 1.29 is 23.8 Å². The zero-order valence-electron chi connectivity index (χ0n) is 11.1. The van der Waals surface area contributed by atoms with Gasteiger partial charge in [-0.3, -0.25) is 5.73 Å². The third-order valence-corrected chi connectivity index (χ3v) is 3.10. The minimum Gasteiger partial charge on any atom is -0.466 e. The third-order valence-electron chi connectivity index (χ3n) is 3.10. The SMILES string of the molecule is CCCC1=NC2(N)OC1C(C(=O)OC)=C2C(=O)OC. The highest BCUT2D eigenvalue weighted by Crippen LogP contribution is 2.41. The quantitative estimate of drug-likeness (QED) is 0.714. The van der Waals surface area contributed by atoms with E-state index >= 15 is 0 Å². The third kappa shape index (κ3) is 1.95. The highest BCUT2D eigenvalue weighted by Gasteiger charge is 2.57. The Morgan fingerprint density at radius 1 is 1.37 bits per heavy atom. The Morgan fingerprint density at radius 2 is 2.00 bits per heavy atom. The van der Waals surface area contributed by atoms with E-state index in [1.165, 1.54) is 14.2 Å². The maximum Gasteiger partial charge on any atom is 0.340 e. The lowest BCUT2D eigenvalue weighted by Gasteiger charge is -2.19. The lowest BCUT2D eigenvalue weighted by atomic mass is 9.95. The first kappa shape index (κ1) is 13.7. The predicted molar refractivity (Wildman–Crippen MR) is 65.2 cm³/mol. The average molecular weight is 268 g/mol. The maximum atomic E-state index is 11.8. The Labute approximate surface area is 110 Å². The fourth-order valence-corrected chi connectivity index (χ4v) is 2.33. The van der Waals surface area contributed by atoms with Crippen molar-refractivity contribution in [3.63, 3.8) is 0 Å². The summed E-state index contributed by atoms with van der Waals surface area (Å²) in [7, 11) is 2.44. The van der Waals surface area contributed by atoms with Crippen molar-refractivity contribution in [1.29, 1.82) is 0 Å². The lowest BCUT2D eigenvalue weighted by molar-refractivity contribution is -0.139. The molecule has 2 N–H and O–H groups in total. The fraction of sp³-hybridized carbons (Fsp3) is 0.583. The molecule has 0 aliphatic carbocycles. The Kier molecular flexibility index (Phi) is 3.42. The number of nitrogens with two attached hydrogens (primary N) is 1. The summed E-state index contributed by atoms with van der Waals surface area (Å²) in [5, 5.41) is 0. The molecule has 0 spiro atoms. The molecule has 0 saturated heterocycles. The molecule has 0 fully saturated rings. The molecule has 0 aromatic carbocycles. The Bertz CT molecular complexity index is 496. The van der Waals surface area contributed by atoms with Gasteiger partial charge in [-0.15, -0.1) is 0 Å². The molecule has 7 nitrogen and oxygen atoms in total. The summed E-state index contributed by atoms with van der Waals surface area (Å²) in [5.74, 6) is -3.02. The normalized spacial score (nSPS) is 28.4. The zero-order valence-corrected chi connectivity index (χ0v) is 11.1. The number of esters is 2. The number of nitrogens with zero attached hydrogens (tertiary/aromatic N) is 1. The van der Waals surface area contributed by atoms with E-state index in [9.17, 15) is 9.59 Å². The van der Waals surface area contributed by atoms with Crippen molar-refractivity contribution in [3.8, 4) is 0 Å². The molecule has 0 amide bonds. The summed E-state index contributed by atoms with van der Waals surface area (Å²) < 4.78 is 14.8. The largest absolute Gasteiger partial charge is 0.466 e. The highest BCUT2D eigenvalue weighted by atomic mass is 16.6. The molecular weight excluding hydrogens is 252 g/mol. The monoisotopic (exact) mass is 268 g/mol. The first-order valence-corrected chi connectivity index (χ1v) is 5.95. The number of aliphatic imine (C=N–C) groups is 1. The van der Waals surface area contributed by atoms with Crippen LogP contribution in [-0.2, 0) is 23.8 Å². The maximum absolute atomic E-state index is 11.8. The summed E-state index contributed by atoms with van der Waals surface area (Å²) in [4.78, 5) is 27.8. The van der Waals surface area contributed by atoms with E-state index in [4.69, 9.17) is 10.5 Å². The van der Waals surface area contributed by atoms with Gasteiger partial charge in [0.15, 0.2) is 0 Å². The van der Waals surface area contributed by atoms with Crippen molar-refractivity contribution in [2.75, 3.05) is 14.2 Å². The zero-order chi connectivity index (χ0) is 14.2. The number of fused-ring (bicyclic) bond motifs is 2. The van der Waals surface area contributed by atoms with Crippen LogP contribution >= 0.6 is 0 Å². The highest BCUT2D eigenvalue weighted by molar-refractivity contribution is 6.12. The van der Waals surface area contributed by atoms with Gasteiger partial charge in [0.2, 0.25) is 5.85 Å². The van der Waals surface area contributed by atoms with E-state index in [1.807, 2.05) is 6.92 Å². The number of rotatable bonds is 4. The van der Waals surface area contributed by atoms with E-state index in [1.54, 1.807) is 0 Å². The molecule has 2 rings (SSSR count). The number of methoxy groups -OCH3 is 2. The lowest BCUT2D eigenvalue weighted by Crippen LogP contribution is -2.41. The van der Waals surface area contributed by atoms with Crippen molar-refractivity contribution in [3.05, 3.63) is 11.1 Å². The second-order valence-electron chi connectivity index (χ2n) is 4.32. The standard InChI is InChI=1S/C12H16N2O5/c1-4-5-6-9-7(10(15)17-2)8(11(16)18-3)12(13,14-6)19-9/h9H,4-5,13H2,1-3H3. The van der Waals surface area contributed by atoms with Gasteiger partial charge in [0.05, 0.1) is 25.5 Å². The molecule has 0 aromatic rings. The summed E-state index contributed by atoms with van der Waals surface area (Å²) >= 11 is 0. The van der Waals surface area contributed by atoms with E-state index in [0.29, 0.717) is 12.1 Å². The predicted octanol–water partition coefficient (Wildman–Crippen LogP) is -0.105. The Balaban J connectivity index is 2.48. The van der Waals surface area contributed by atoms with Crippen molar-refractivity contribution in [1.82, 2.24) is 0 Å². The summed E-state index contributed by atoms with van der Waals surface area (Å²) in [6.45, 7) is 1.97. The Morgan fingerprint density at radius 3 is 2.53 bits per heavy atom. The van der Waals surface area contributed by atoms with Crippen LogP contribution in [0.2, 0.25) is 0 Å². The second-order valence-corrected chi connectivity index (χ2v) is 4.32. The van der Waals surface area contributed by atoms with Crippen LogP contribution in [0.25, 0.3) is 0 Å². The van der Waals surface area contributed by atoms with Gasteiger partial charge in [-0.1, -0.05) is 13.3 Å². The minimum absolute atomic E-state index is 0.0771. The van der Waals surface area contributed by atoms with Crippen LogP contribution in [0, 0.1) is 0 Å². The molecular formula is C12H16N2O5. The number of hydrogen-bond acceptors (Lipinski definition) is 7. The molecule has 2 unspecified atom stereocenters.